The van der Waals surface area contributed by atoms with Crippen LogP contribution in [0.2, 0.25) is 0 Å². The van der Waals surface area contributed by atoms with E-state index < -0.39 is 46.4 Å². The van der Waals surface area contributed by atoms with Gasteiger partial charge in [-0.2, -0.15) is 4.98 Å². The van der Waals surface area contributed by atoms with Crippen molar-refractivity contribution in [1.82, 2.24) is 9.55 Å². The zero-order chi connectivity index (χ0) is 23.8. The van der Waals surface area contributed by atoms with E-state index in [9.17, 15) is 23.7 Å². The number of nitrogens with two attached hydrogens (primary N) is 1. The zero-order valence-electron chi connectivity index (χ0n) is 20.0. The third-order valence-electron chi connectivity index (χ3n) is 4.50. The van der Waals surface area contributed by atoms with E-state index in [1.807, 2.05) is 13.8 Å². The Morgan fingerprint density at radius 3 is 2.26 bits per heavy atom. The molecule has 0 aromatic carbocycles. The molecule has 0 amide bonds. The second-order valence-corrected chi connectivity index (χ2v) is 9.89. The van der Waals surface area contributed by atoms with E-state index in [4.69, 9.17) is 28.6 Å². The molecule has 1 fully saturated rings. The molecular formula is C17H29N3Na2O10P2. The minimum absolute atomic E-state index is 0. The average molecular weight is 543 g/mol. The number of unbranched alkanes of at least 4 members (excludes halogenated alkanes) is 2. The molecule has 34 heavy (non-hydrogen) atoms. The molecule has 1 aromatic heterocycles. The third-order valence-corrected chi connectivity index (χ3v) is 6.49. The van der Waals surface area contributed by atoms with Crippen LogP contribution in [-0.4, -0.2) is 41.6 Å². The number of nitrogen functional groups attached to an aromatic ring is 1. The van der Waals surface area contributed by atoms with E-state index in [2.05, 4.69) is 4.98 Å². The fourth-order valence-corrected chi connectivity index (χ4v) is 4.54. The van der Waals surface area contributed by atoms with Crippen LogP contribution in [-0.2, 0) is 32.0 Å². The molecule has 2 heterocycles. The number of rotatable bonds is 14. The van der Waals surface area contributed by atoms with E-state index in [1.165, 1.54) is 12.3 Å². The van der Waals surface area contributed by atoms with E-state index in [0.29, 0.717) is 12.8 Å². The summed E-state index contributed by atoms with van der Waals surface area (Å²) in [4.78, 5) is 39.8. The number of anilines is 1. The molecule has 0 radical (unpaired) electrons. The first-order chi connectivity index (χ1) is 15.1. The first kappa shape index (κ1) is 34.9. The van der Waals surface area contributed by atoms with E-state index in [1.54, 1.807) is 0 Å². The average Bonchev–Trinajstić information content (AvgIpc) is 3.08. The second kappa shape index (κ2) is 16.7. The van der Waals surface area contributed by atoms with Crippen molar-refractivity contribution >= 4 is 21.5 Å². The number of hydrogen-bond donors (Lipinski definition) is 1. The molecule has 0 bridgehead atoms. The number of phosphoric acid groups is 2. The molecule has 13 nitrogen and oxygen atoms in total. The van der Waals surface area contributed by atoms with Gasteiger partial charge in [-0.3, -0.25) is 13.7 Å². The molecule has 0 spiro atoms. The molecule has 5 atom stereocenters. The Kier molecular flexibility index (Phi) is 17.1. The van der Waals surface area contributed by atoms with Crippen LogP contribution >= 0.6 is 15.6 Å². The van der Waals surface area contributed by atoms with Crippen LogP contribution in [0.4, 0.5) is 5.82 Å². The van der Waals surface area contributed by atoms with Gasteiger partial charge in [-0.05, 0) is 18.9 Å². The quantitative estimate of drug-likeness (QED) is 0.134. The van der Waals surface area contributed by atoms with Gasteiger partial charge >= 0.3 is 64.8 Å². The fraction of sp³-hybridized carbons (Fsp3) is 0.765. The minimum atomic E-state index is -4.72. The van der Waals surface area contributed by atoms with Crippen molar-refractivity contribution in [1.29, 1.82) is 0 Å². The Hall–Kier alpha value is 0.860. The van der Waals surface area contributed by atoms with Gasteiger partial charge in [0.15, 0.2) is 0 Å². The summed E-state index contributed by atoms with van der Waals surface area (Å²) in [5.41, 5.74) is 4.76. The first-order valence-corrected chi connectivity index (χ1v) is 13.2. The molecule has 2 unspecified atom stereocenters. The van der Waals surface area contributed by atoms with Gasteiger partial charge in [0.1, 0.15) is 18.1 Å². The van der Waals surface area contributed by atoms with Gasteiger partial charge in [0.25, 0.3) is 15.6 Å². The summed E-state index contributed by atoms with van der Waals surface area (Å²) in [6.07, 6.45) is 0.372. The summed E-state index contributed by atoms with van der Waals surface area (Å²) >= 11 is 0. The Balaban J connectivity index is 0.00000544. The van der Waals surface area contributed by atoms with E-state index in [0.717, 1.165) is 17.4 Å². The molecule has 1 aliphatic rings. The summed E-state index contributed by atoms with van der Waals surface area (Å²) in [6.45, 7) is 3.05. The topological polar surface area (TPSA) is 187 Å². The van der Waals surface area contributed by atoms with Crippen LogP contribution in [0.3, 0.4) is 0 Å². The summed E-state index contributed by atoms with van der Waals surface area (Å²) in [5, 5.41) is 0. The predicted molar refractivity (Wildman–Crippen MR) is 109 cm³/mol. The number of ether oxygens (including phenoxy) is 1. The Labute approximate surface area is 242 Å². The number of phosphoric ester groups is 2. The molecule has 17 heteroatoms. The third kappa shape index (κ3) is 11.9. The Bertz CT molecular complexity index is 893. The van der Waals surface area contributed by atoms with Crippen molar-refractivity contribution in [2.45, 2.75) is 64.4 Å². The van der Waals surface area contributed by atoms with Crippen molar-refractivity contribution in [3.05, 3.63) is 22.7 Å². The summed E-state index contributed by atoms with van der Waals surface area (Å²) in [7, 11) is -9.36. The standard InChI is InChI=1S/C17H31N3O10P2.2Na/c1-3-5-9-26-31(22,23)28-12-14-13(30-32(24,25)27-10-6-4-2)11-16(29-14)20-8-7-15(18)19-17(20)21;;/h7-8,13-14,16H,3-6,9-12H2,1-2H3,(H,22,23)(H,24,25)(H2,18,19,21);;/q;2*+1/p-2/t13-,14+,16-;;/m0../s1. The van der Waals surface area contributed by atoms with Crippen LogP contribution in [0.25, 0.3) is 0 Å². The smallest absolute Gasteiger partial charge is 0.756 e. The maximum Gasteiger partial charge on any atom is 1.00 e. The number of nitrogens with zero attached hydrogens (tertiary/aromatic N) is 2. The van der Waals surface area contributed by atoms with Crippen LogP contribution in [0.5, 0.6) is 0 Å². The van der Waals surface area contributed by atoms with Crippen LogP contribution in [0.15, 0.2) is 17.1 Å². The zero-order valence-corrected chi connectivity index (χ0v) is 25.8. The summed E-state index contributed by atoms with van der Waals surface area (Å²) in [6, 6.07) is 1.37. The van der Waals surface area contributed by atoms with Gasteiger partial charge in [0, 0.05) is 12.6 Å². The van der Waals surface area contributed by atoms with Gasteiger partial charge in [-0.15, -0.1) is 0 Å². The summed E-state index contributed by atoms with van der Waals surface area (Å²) in [5.74, 6) is 0.00170. The fourth-order valence-electron chi connectivity index (χ4n) is 2.82. The molecule has 184 valence electrons. The SMILES string of the molecule is CCCCOP(=O)([O-])OC[C@H]1O[C@H](n2ccc(N)nc2=O)C[C@@H]1OP(=O)([O-])OCCCC.[Na+].[Na+]. The summed E-state index contributed by atoms with van der Waals surface area (Å²) < 4.78 is 50.4. The largest absolute Gasteiger partial charge is 1.00 e. The molecule has 1 aliphatic heterocycles. The number of hydrogen-bond acceptors (Lipinski definition) is 12. The van der Waals surface area contributed by atoms with Crippen LogP contribution in [0.1, 0.15) is 52.2 Å². The van der Waals surface area contributed by atoms with Crippen LogP contribution < -0.4 is 80.3 Å². The van der Waals surface area contributed by atoms with Crippen molar-refractivity contribution in [2.24, 2.45) is 0 Å². The van der Waals surface area contributed by atoms with Gasteiger partial charge in [-0.25, -0.2) is 4.79 Å². The van der Waals surface area contributed by atoms with Crippen molar-refractivity contribution in [3.8, 4) is 0 Å². The molecule has 2 rings (SSSR count). The van der Waals surface area contributed by atoms with Gasteiger partial charge in [0.2, 0.25) is 0 Å². The second-order valence-electron chi connectivity index (χ2n) is 7.11. The molecule has 2 N–H and O–H groups in total. The van der Waals surface area contributed by atoms with Crippen molar-refractivity contribution < 1.29 is 101 Å². The molecule has 0 aliphatic carbocycles. The van der Waals surface area contributed by atoms with E-state index >= 15 is 0 Å². The van der Waals surface area contributed by atoms with E-state index in [-0.39, 0.29) is 84.6 Å². The predicted octanol–water partition coefficient (Wildman–Crippen LogP) is -4.91. The minimum Gasteiger partial charge on any atom is -0.756 e. The van der Waals surface area contributed by atoms with Crippen LogP contribution in [0, 0.1) is 0 Å². The van der Waals surface area contributed by atoms with Gasteiger partial charge in [-0.1, -0.05) is 26.7 Å². The maximum atomic E-state index is 12.2. The maximum absolute atomic E-state index is 12.2. The first-order valence-electron chi connectivity index (χ1n) is 10.3. The van der Waals surface area contributed by atoms with Crippen molar-refractivity contribution in [3.63, 3.8) is 0 Å². The van der Waals surface area contributed by atoms with Gasteiger partial charge < -0.3 is 38.4 Å². The molecular weight excluding hydrogens is 514 g/mol. The number of aromatic nitrogens is 2. The molecule has 0 saturated carbocycles. The normalized spacial score (nSPS) is 23.4. The van der Waals surface area contributed by atoms with Crippen molar-refractivity contribution in [2.75, 3.05) is 25.6 Å². The Morgan fingerprint density at radius 2 is 1.71 bits per heavy atom. The monoisotopic (exact) mass is 543 g/mol. The molecule has 1 aromatic rings. The molecule has 1 saturated heterocycles. The Morgan fingerprint density at radius 1 is 1.12 bits per heavy atom. The van der Waals surface area contributed by atoms with Gasteiger partial charge in [0.05, 0.1) is 25.9 Å².